The fourth-order valence-electron chi connectivity index (χ4n) is 9.17. The summed E-state index contributed by atoms with van der Waals surface area (Å²) in [5.74, 6) is -3.67. The van der Waals surface area contributed by atoms with Crippen LogP contribution in [0.2, 0.25) is 0 Å². The molecule has 242 valence electrons. The van der Waals surface area contributed by atoms with Crippen LogP contribution in [0.5, 0.6) is 0 Å². The second-order valence-corrected chi connectivity index (χ2v) is 13.9. The maximum Gasteiger partial charge on any atom is 0.310 e. The number of benzene rings is 1. The molecule has 1 aliphatic heterocycles. The van der Waals surface area contributed by atoms with Crippen LogP contribution in [0.4, 0.5) is 4.39 Å². The minimum atomic E-state index is -2.09. The number of rotatable bonds is 8. The standard InChI is InChI=1S/C33H38FNO10/c1-29(2)44-27-15-24-23-10-9-21-14-22(36)11-12-30(21,3)32(23,34)25(37)16-31(24,4)33(27,45-29)26(38)18-42-28(39)13-19-7-5-6-8-20(19)17-43-35(40)41/h5-9,11-12,23-25,27,37H,10,13-18H2,1-4H3/t23?,24-,25-,27+,30-,31-,32-,33+/m0/s1. The Kier molecular flexibility index (Phi) is 7.37. The Balaban J connectivity index is 1.26. The van der Waals surface area contributed by atoms with Crippen molar-refractivity contribution in [3.8, 4) is 0 Å². The molecule has 0 amide bonds. The molecule has 1 saturated heterocycles. The largest absolute Gasteiger partial charge is 0.457 e. The number of carbonyl (C=O) groups excluding carboxylic acids is 3. The molecule has 12 heteroatoms. The Labute approximate surface area is 259 Å². The van der Waals surface area contributed by atoms with Gasteiger partial charge in [0, 0.05) is 23.2 Å². The third-order valence-electron chi connectivity index (χ3n) is 11.2. The van der Waals surface area contributed by atoms with Crippen molar-refractivity contribution in [3.63, 3.8) is 0 Å². The van der Waals surface area contributed by atoms with E-state index in [1.165, 1.54) is 6.08 Å². The SMILES string of the molecule is CC1(C)O[C@@H]2C[C@H]3C4CC=C5CC(=O)C=C[C@]5(C)[C@@]4(F)[C@@H](O)C[C@]3(C)[C@]2(C(=O)COC(=O)Cc2ccccc2CO[N+](=O)[O-])O1. The van der Waals surface area contributed by atoms with E-state index in [0.717, 1.165) is 0 Å². The molecule has 1 N–H and O–H groups in total. The molecule has 0 aromatic heterocycles. The first-order valence-electron chi connectivity index (χ1n) is 15.3. The molecule has 0 spiro atoms. The van der Waals surface area contributed by atoms with Crippen molar-refractivity contribution in [2.24, 2.45) is 22.7 Å². The number of ketones is 2. The van der Waals surface area contributed by atoms with Crippen LogP contribution >= 0.6 is 0 Å². The number of nitrogens with zero attached hydrogens (tertiary/aromatic N) is 1. The molecule has 1 unspecified atom stereocenters. The molecule has 3 fully saturated rings. The molecule has 2 saturated carbocycles. The number of fused-ring (bicyclic) bond motifs is 7. The lowest BCUT2D eigenvalue weighted by Gasteiger charge is -2.62. The van der Waals surface area contributed by atoms with Gasteiger partial charge in [-0.3, -0.25) is 14.4 Å². The highest BCUT2D eigenvalue weighted by Gasteiger charge is 2.80. The molecular weight excluding hydrogens is 589 g/mol. The molecule has 0 bridgehead atoms. The summed E-state index contributed by atoms with van der Waals surface area (Å²) in [5, 5.41) is 21.4. The molecule has 0 radical (unpaired) electrons. The minimum absolute atomic E-state index is 0.101. The van der Waals surface area contributed by atoms with E-state index < -0.39 is 75.4 Å². The molecule has 1 aromatic carbocycles. The number of alkyl halides is 1. The number of aliphatic hydroxyl groups is 1. The zero-order valence-corrected chi connectivity index (χ0v) is 25.7. The number of esters is 1. The van der Waals surface area contributed by atoms with E-state index in [1.54, 1.807) is 51.1 Å². The van der Waals surface area contributed by atoms with Crippen molar-refractivity contribution in [1.29, 1.82) is 0 Å². The summed E-state index contributed by atoms with van der Waals surface area (Å²) < 4.78 is 35.8. The Hall–Kier alpha value is -3.48. The van der Waals surface area contributed by atoms with E-state index in [2.05, 4.69) is 4.84 Å². The molecule has 8 atom stereocenters. The van der Waals surface area contributed by atoms with Gasteiger partial charge in [-0.05, 0) is 63.2 Å². The van der Waals surface area contributed by atoms with E-state index in [-0.39, 0.29) is 38.1 Å². The smallest absolute Gasteiger partial charge is 0.310 e. The Morgan fingerprint density at radius 3 is 2.58 bits per heavy atom. The Bertz CT molecular complexity index is 1520. The quantitative estimate of drug-likeness (QED) is 0.194. The van der Waals surface area contributed by atoms with Crippen molar-refractivity contribution in [2.75, 3.05) is 6.61 Å². The number of hydrogen-bond donors (Lipinski definition) is 1. The number of aliphatic hydroxyl groups excluding tert-OH is 1. The van der Waals surface area contributed by atoms with E-state index in [0.29, 0.717) is 23.1 Å². The molecule has 11 nitrogen and oxygen atoms in total. The van der Waals surface area contributed by atoms with Crippen molar-refractivity contribution >= 4 is 17.5 Å². The highest BCUT2D eigenvalue weighted by atomic mass is 19.1. The molecule has 45 heavy (non-hydrogen) atoms. The lowest BCUT2D eigenvalue weighted by atomic mass is 9.45. The van der Waals surface area contributed by atoms with E-state index in [4.69, 9.17) is 14.2 Å². The first-order chi connectivity index (χ1) is 21.1. The third kappa shape index (κ3) is 4.58. The monoisotopic (exact) mass is 627 g/mol. The predicted molar refractivity (Wildman–Crippen MR) is 154 cm³/mol. The van der Waals surface area contributed by atoms with Gasteiger partial charge in [-0.15, -0.1) is 10.1 Å². The summed E-state index contributed by atoms with van der Waals surface area (Å²) in [6, 6.07) is 6.54. The van der Waals surface area contributed by atoms with E-state index in [1.807, 2.05) is 13.0 Å². The van der Waals surface area contributed by atoms with Crippen molar-refractivity contribution < 1.29 is 48.0 Å². The average molecular weight is 628 g/mol. The third-order valence-corrected chi connectivity index (χ3v) is 11.2. The number of allylic oxidation sites excluding steroid dienone is 4. The first kappa shape index (κ1) is 31.5. The number of Topliss-reactive ketones (excluding diaryl/α,β-unsaturated/α-hetero) is 1. The lowest BCUT2D eigenvalue weighted by molar-refractivity contribution is -0.763. The second kappa shape index (κ2) is 10.5. The van der Waals surface area contributed by atoms with Gasteiger partial charge in [0.2, 0.25) is 5.78 Å². The van der Waals surface area contributed by atoms with Crippen LogP contribution in [0, 0.1) is 32.8 Å². The molecule has 5 aliphatic rings. The topological polar surface area (TPSA) is 152 Å². The molecule has 1 heterocycles. The van der Waals surface area contributed by atoms with Gasteiger partial charge >= 0.3 is 5.97 Å². The summed E-state index contributed by atoms with van der Waals surface area (Å²) in [5.41, 5.74) is -4.42. The predicted octanol–water partition coefficient (Wildman–Crippen LogP) is 3.92. The average Bonchev–Trinajstić information content (AvgIpc) is 3.38. The fraction of sp³-hybridized carbons (Fsp3) is 0.606. The number of ether oxygens (including phenoxy) is 3. The highest BCUT2D eigenvalue weighted by Crippen LogP contribution is 2.71. The van der Waals surface area contributed by atoms with Gasteiger partial charge in [0.25, 0.3) is 5.09 Å². The zero-order valence-electron chi connectivity index (χ0n) is 25.7. The van der Waals surface area contributed by atoms with Crippen LogP contribution in [0.25, 0.3) is 0 Å². The Morgan fingerprint density at radius 2 is 1.87 bits per heavy atom. The summed E-state index contributed by atoms with van der Waals surface area (Å²) in [6.07, 6.45) is 2.97. The van der Waals surface area contributed by atoms with Gasteiger partial charge < -0.3 is 24.2 Å². The summed E-state index contributed by atoms with van der Waals surface area (Å²) in [6.45, 7) is 5.95. The number of hydrogen-bond acceptors (Lipinski definition) is 10. The zero-order chi connectivity index (χ0) is 32.6. The van der Waals surface area contributed by atoms with Crippen molar-refractivity contribution in [2.45, 2.75) is 95.7 Å². The van der Waals surface area contributed by atoms with Gasteiger partial charge in [-0.2, -0.15) is 0 Å². The van der Waals surface area contributed by atoms with Gasteiger partial charge in [0.15, 0.2) is 29.4 Å². The molecule has 4 aliphatic carbocycles. The lowest BCUT2D eigenvalue weighted by Crippen LogP contribution is -2.69. The van der Waals surface area contributed by atoms with Gasteiger partial charge in [0.1, 0.15) is 6.61 Å². The minimum Gasteiger partial charge on any atom is -0.457 e. The molecule has 1 aromatic rings. The van der Waals surface area contributed by atoms with E-state index >= 15 is 4.39 Å². The maximum absolute atomic E-state index is 17.6. The van der Waals surface area contributed by atoms with Crippen LogP contribution in [0.3, 0.4) is 0 Å². The first-order valence-corrected chi connectivity index (χ1v) is 15.3. The summed E-state index contributed by atoms with van der Waals surface area (Å²) in [4.78, 5) is 54.5. The molecular formula is C33H38FNO10. The molecule has 6 rings (SSSR count). The van der Waals surface area contributed by atoms with Crippen molar-refractivity contribution in [1.82, 2.24) is 0 Å². The second-order valence-electron chi connectivity index (χ2n) is 13.9. The van der Waals surface area contributed by atoms with Crippen LogP contribution in [0.1, 0.15) is 64.5 Å². The van der Waals surface area contributed by atoms with Gasteiger partial charge in [0.05, 0.1) is 18.6 Å². The highest BCUT2D eigenvalue weighted by molar-refractivity contribution is 5.94. The summed E-state index contributed by atoms with van der Waals surface area (Å²) >= 11 is 0. The van der Waals surface area contributed by atoms with Gasteiger partial charge in [-0.1, -0.05) is 48.9 Å². The van der Waals surface area contributed by atoms with Crippen LogP contribution in [-0.4, -0.2) is 63.6 Å². The van der Waals surface area contributed by atoms with E-state index in [9.17, 15) is 29.6 Å². The van der Waals surface area contributed by atoms with Crippen molar-refractivity contribution in [3.05, 3.63) is 69.3 Å². The number of carbonyl (C=O) groups is 3. The fourth-order valence-corrected chi connectivity index (χ4v) is 9.17. The van der Waals surface area contributed by atoms with Crippen LogP contribution in [-0.2, 0) is 46.5 Å². The maximum atomic E-state index is 17.6. The summed E-state index contributed by atoms with van der Waals surface area (Å²) in [7, 11) is 0. The Morgan fingerprint density at radius 1 is 1.16 bits per heavy atom. The number of halogens is 1. The van der Waals surface area contributed by atoms with Gasteiger partial charge in [-0.25, -0.2) is 4.39 Å². The normalized spacial score (nSPS) is 39.2. The van der Waals surface area contributed by atoms with Crippen LogP contribution < -0.4 is 0 Å². The van der Waals surface area contributed by atoms with Crippen LogP contribution in [0.15, 0.2) is 48.1 Å².